The van der Waals surface area contributed by atoms with Gasteiger partial charge in [-0.3, -0.25) is 9.78 Å². The second-order valence-corrected chi connectivity index (χ2v) is 4.47. The third-order valence-corrected chi connectivity index (χ3v) is 3.12. The molecule has 2 aromatic heterocycles. The fourth-order valence-corrected chi connectivity index (χ4v) is 2.10. The molecule has 2 heterocycles. The van der Waals surface area contributed by atoms with Gasteiger partial charge in [0.15, 0.2) is 5.43 Å². The standard InChI is InChI=1S/C16H13NO3/c1-19-12-2-3-14-15(18)9-13(20-16(14)10-12)8-11-4-6-17-7-5-11/h2-7,9-10H,8H2,1H3. The molecule has 0 N–H and O–H groups in total. The first-order valence-corrected chi connectivity index (χ1v) is 6.26. The van der Waals surface area contributed by atoms with Gasteiger partial charge in [-0.2, -0.15) is 0 Å². The van der Waals surface area contributed by atoms with Gasteiger partial charge >= 0.3 is 0 Å². The Kier molecular flexibility index (Phi) is 3.21. The molecule has 3 rings (SSSR count). The third-order valence-electron chi connectivity index (χ3n) is 3.12. The highest BCUT2D eigenvalue weighted by Crippen LogP contribution is 2.20. The van der Waals surface area contributed by atoms with E-state index in [-0.39, 0.29) is 5.43 Å². The quantitative estimate of drug-likeness (QED) is 0.732. The number of fused-ring (bicyclic) bond motifs is 1. The fraction of sp³-hybridized carbons (Fsp3) is 0.125. The van der Waals surface area contributed by atoms with Crippen LogP contribution in [0.5, 0.6) is 5.75 Å². The summed E-state index contributed by atoms with van der Waals surface area (Å²) in [5.41, 5.74) is 1.55. The molecule has 4 heteroatoms. The van der Waals surface area contributed by atoms with Crippen LogP contribution in [0.15, 0.2) is 58.0 Å². The molecule has 0 radical (unpaired) electrons. The van der Waals surface area contributed by atoms with Crippen molar-refractivity contribution in [2.24, 2.45) is 0 Å². The Balaban J connectivity index is 2.06. The van der Waals surface area contributed by atoms with Gasteiger partial charge in [-0.15, -0.1) is 0 Å². The van der Waals surface area contributed by atoms with Gasteiger partial charge in [-0.25, -0.2) is 0 Å². The lowest BCUT2D eigenvalue weighted by molar-refractivity contribution is 0.414. The summed E-state index contributed by atoms with van der Waals surface area (Å²) in [6.07, 6.45) is 4.00. The van der Waals surface area contributed by atoms with E-state index in [2.05, 4.69) is 4.98 Å². The summed E-state index contributed by atoms with van der Waals surface area (Å²) in [6.45, 7) is 0. The largest absolute Gasteiger partial charge is 0.497 e. The zero-order valence-corrected chi connectivity index (χ0v) is 11.0. The highest BCUT2D eigenvalue weighted by atomic mass is 16.5. The van der Waals surface area contributed by atoms with E-state index in [1.165, 1.54) is 6.07 Å². The molecular weight excluding hydrogens is 254 g/mol. The van der Waals surface area contributed by atoms with E-state index in [1.807, 2.05) is 12.1 Å². The molecule has 0 aliphatic carbocycles. The first kappa shape index (κ1) is 12.4. The maximum atomic E-state index is 12.1. The number of methoxy groups -OCH3 is 1. The lowest BCUT2D eigenvalue weighted by Gasteiger charge is -2.05. The molecule has 0 aliphatic rings. The van der Waals surface area contributed by atoms with E-state index in [0.717, 1.165) is 5.56 Å². The Morgan fingerprint density at radius 3 is 2.70 bits per heavy atom. The van der Waals surface area contributed by atoms with E-state index in [1.54, 1.807) is 37.7 Å². The zero-order valence-electron chi connectivity index (χ0n) is 11.0. The third kappa shape index (κ3) is 2.40. The van der Waals surface area contributed by atoms with Gasteiger partial charge < -0.3 is 9.15 Å². The van der Waals surface area contributed by atoms with Crippen LogP contribution >= 0.6 is 0 Å². The van der Waals surface area contributed by atoms with E-state index in [4.69, 9.17) is 9.15 Å². The Hall–Kier alpha value is -2.62. The highest BCUT2D eigenvalue weighted by Gasteiger charge is 2.07. The maximum absolute atomic E-state index is 12.1. The number of ether oxygens (including phenoxy) is 1. The highest BCUT2D eigenvalue weighted by molar-refractivity contribution is 5.78. The summed E-state index contributed by atoms with van der Waals surface area (Å²) in [5.74, 6) is 1.30. The van der Waals surface area contributed by atoms with Crippen LogP contribution in [-0.4, -0.2) is 12.1 Å². The first-order valence-electron chi connectivity index (χ1n) is 6.26. The maximum Gasteiger partial charge on any atom is 0.192 e. The van der Waals surface area contributed by atoms with Crippen LogP contribution in [0.25, 0.3) is 11.0 Å². The van der Waals surface area contributed by atoms with Crippen LogP contribution in [0.3, 0.4) is 0 Å². The lowest BCUT2D eigenvalue weighted by Crippen LogP contribution is -2.03. The predicted octanol–water partition coefficient (Wildman–Crippen LogP) is 2.79. The van der Waals surface area contributed by atoms with Gasteiger partial charge in [0.1, 0.15) is 17.1 Å². The summed E-state index contributed by atoms with van der Waals surface area (Å²) in [5, 5.41) is 0.560. The number of rotatable bonds is 3. The van der Waals surface area contributed by atoms with Crippen molar-refractivity contribution in [1.82, 2.24) is 4.98 Å². The monoisotopic (exact) mass is 267 g/mol. The summed E-state index contributed by atoms with van der Waals surface area (Å²) in [6, 6.07) is 10.5. The number of benzene rings is 1. The van der Waals surface area contributed by atoms with E-state index >= 15 is 0 Å². The van der Waals surface area contributed by atoms with Crippen LogP contribution in [0.2, 0.25) is 0 Å². The summed E-state index contributed by atoms with van der Waals surface area (Å²) >= 11 is 0. The van der Waals surface area contributed by atoms with Crippen molar-refractivity contribution in [1.29, 1.82) is 0 Å². The predicted molar refractivity (Wildman–Crippen MR) is 76.1 cm³/mol. The molecule has 0 spiro atoms. The minimum Gasteiger partial charge on any atom is -0.497 e. The molecule has 20 heavy (non-hydrogen) atoms. The Bertz CT molecular complexity index is 794. The second-order valence-electron chi connectivity index (χ2n) is 4.47. The van der Waals surface area contributed by atoms with E-state index < -0.39 is 0 Å². The number of aromatic nitrogens is 1. The molecule has 0 amide bonds. The van der Waals surface area contributed by atoms with Gasteiger partial charge in [-0.1, -0.05) is 0 Å². The molecule has 0 aliphatic heterocycles. The summed E-state index contributed by atoms with van der Waals surface area (Å²) in [4.78, 5) is 16.0. The van der Waals surface area contributed by atoms with Crippen LogP contribution < -0.4 is 10.2 Å². The molecular formula is C16H13NO3. The van der Waals surface area contributed by atoms with Gasteiger partial charge in [0.25, 0.3) is 0 Å². The number of hydrogen-bond acceptors (Lipinski definition) is 4. The molecule has 3 aromatic rings. The summed E-state index contributed by atoms with van der Waals surface area (Å²) < 4.78 is 10.9. The van der Waals surface area contributed by atoms with Crippen LogP contribution in [0, 0.1) is 0 Å². The average Bonchev–Trinajstić information content (AvgIpc) is 2.47. The number of hydrogen-bond donors (Lipinski definition) is 0. The SMILES string of the molecule is COc1ccc2c(=O)cc(Cc3ccncc3)oc2c1. The molecule has 4 nitrogen and oxygen atoms in total. The van der Waals surface area contributed by atoms with Crippen LogP contribution in [-0.2, 0) is 6.42 Å². The topological polar surface area (TPSA) is 52.3 Å². The second kappa shape index (κ2) is 5.17. The van der Waals surface area contributed by atoms with E-state index in [9.17, 15) is 4.79 Å². The minimum atomic E-state index is -0.0436. The molecule has 0 unspecified atom stereocenters. The molecule has 0 saturated heterocycles. The number of pyridine rings is 1. The van der Waals surface area contributed by atoms with Gasteiger partial charge in [0.2, 0.25) is 0 Å². The molecule has 0 saturated carbocycles. The van der Waals surface area contributed by atoms with Crippen molar-refractivity contribution in [2.45, 2.75) is 6.42 Å². The van der Waals surface area contributed by atoms with Crippen molar-refractivity contribution >= 4 is 11.0 Å². The van der Waals surface area contributed by atoms with E-state index in [0.29, 0.717) is 28.9 Å². The fourth-order valence-electron chi connectivity index (χ4n) is 2.10. The normalized spacial score (nSPS) is 10.7. The van der Waals surface area contributed by atoms with Gasteiger partial charge in [0.05, 0.1) is 12.5 Å². The van der Waals surface area contributed by atoms with Crippen LogP contribution in [0.1, 0.15) is 11.3 Å². The minimum absolute atomic E-state index is 0.0436. The van der Waals surface area contributed by atoms with Crippen molar-refractivity contribution in [2.75, 3.05) is 7.11 Å². The molecule has 1 aromatic carbocycles. The van der Waals surface area contributed by atoms with Crippen molar-refractivity contribution in [3.63, 3.8) is 0 Å². The smallest absolute Gasteiger partial charge is 0.192 e. The first-order chi connectivity index (χ1) is 9.76. The number of nitrogens with zero attached hydrogens (tertiary/aromatic N) is 1. The molecule has 0 atom stereocenters. The summed E-state index contributed by atoms with van der Waals surface area (Å²) in [7, 11) is 1.58. The van der Waals surface area contributed by atoms with Crippen molar-refractivity contribution in [3.8, 4) is 5.75 Å². The molecule has 0 bridgehead atoms. The molecule has 0 fully saturated rings. The lowest BCUT2D eigenvalue weighted by atomic mass is 10.1. The van der Waals surface area contributed by atoms with Crippen molar-refractivity contribution in [3.05, 3.63) is 70.3 Å². The van der Waals surface area contributed by atoms with Crippen LogP contribution in [0.4, 0.5) is 0 Å². The Morgan fingerprint density at radius 1 is 1.15 bits per heavy atom. The average molecular weight is 267 g/mol. The Morgan fingerprint density at radius 2 is 1.95 bits per heavy atom. The molecule has 100 valence electrons. The Labute approximate surface area is 115 Å². The van der Waals surface area contributed by atoms with Crippen molar-refractivity contribution < 1.29 is 9.15 Å². The van der Waals surface area contributed by atoms with Gasteiger partial charge in [0, 0.05) is 30.9 Å². The zero-order chi connectivity index (χ0) is 13.9. The van der Waals surface area contributed by atoms with Gasteiger partial charge in [-0.05, 0) is 29.8 Å².